The molecule has 0 aliphatic carbocycles. The highest BCUT2D eigenvalue weighted by Crippen LogP contribution is 2.03. The molecule has 1 aromatic rings. The molecule has 0 saturated heterocycles. The van der Waals surface area contributed by atoms with Crippen LogP contribution < -0.4 is 16.0 Å². The molecule has 136 valence electrons. The van der Waals surface area contributed by atoms with Crippen LogP contribution in [0.25, 0.3) is 0 Å². The van der Waals surface area contributed by atoms with E-state index in [9.17, 15) is 9.18 Å². The molecular formula is C17H28FIN4O. The van der Waals surface area contributed by atoms with E-state index in [2.05, 4.69) is 27.9 Å². The van der Waals surface area contributed by atoms with Crippen LogP contribution in [-0.4, -0.2) is 38.5 Å². The first-order chi connectivity index (χ1) is 11.2. The lowest BCUT2D eigenvalue weighted by Gasteiger charge is -2.12. The van der Waals surface area contributed by atoms with E-state index in [0.29, 0.717) is 13.1 Å². The Morgan fingerprint density at radius 1 is 1.04 bits per heavy atom. The van der Waals surface area contributed by atoms with Crippen LogP contribution in [0, 0.1) is 5.82 Å². The number of benzene rings is 1. The van der Waals surface area contributed by atoms with Gasteiger partial charge >= 0.3 is 0 Å². The van der Waals surface area contributed by atoms with Crippen molar-refractivity contribution in [3.05, 3.63) is 35.6 Å². The van der Waals surface area contributed by atoms with Gasteiger partial charge in [0.2, 0.25) is 5.91 Å². The maximum Gasteiger partial charge on any atom is 0.224 e. The minimum absolute atomic E-state index is 0. The van der Waals surface area contributed by atoms with Gasteiger partial charge in [0.05, 0.1) is 6.42 Å². The number of rotatable bonds is 9. The number of hydrogen-bond donors (Lipinski definition) is 3. The third kappa shape index (κ3) is 10.4. The Balaban J connectivity index is 0.00000529. The van der Waals surface area contributed by atoms with Crippen molar-refractivity contribution in [3.8, 4) is 0 Å². The largest absolute Gasteiger partial charge is 0.356 e. The van der Waals surface area contributed by atoms with E-state index in [4.69, 9.17) is 0 Å². The third-order valence-electron chi connectivity index (χ3n) is 3.31. The van der Waals surface area contributed by atoms with Crippen LogP contribution in [0.3, 0.4) is 0 Å². The van der Waals surface area contributed by atoms with Gasteiger partial charge in [-0.15, -0.1) is 24.0 Å². The van der Waals surface area contributed by atoms with E-state index in [0.717, 1.165) is 24.5 Å². The number of guanidine groups is 1. The second-order valence-electron chi connectivity index (χ2n) is 5.29. The lowest BCUT2D eigenvalue weighted by molar-refractivity contribution is -0.120. The van der Waals surface area contributed by atoms with Crippen LogP contribution in [0.4, 0.5) is 4.39 Å². The maximum absolute atomic E-state index is 12.8. The van der Waals surface area contributed by atoms with Crippen molar-refractivity contribution in [2.24, 2.45) is 4.99 Å². The first kappa shape index (κ1) is 22.6. The molecule has 3 N–H and O–H groups in total. The lowest BCUT2D eigenvalue weighted by Crippen LogP contribution is -2.42. The van der Waals surface area contributed by atoms with E-state index in [1.807, 2.05) is 0 Å². The fraction of sp³-hybridized carbons (Fsp3) is 0.529. The maximum atomic E-state index is 12.8. The predicted octanol–water partition coefficient (Wildman–Crippen LogP) is 2.46. The molecule has 0 atom stereocenters. The normalized spacial score (nSPS) is 10.7. The molecule has 0 unspecified atom stereocenters. The Morgan fingerprint density at radius 2 is 1.67 bits per heavy atom. The van der Waals surface area contributed by atoms with Gasteiger partial charge in [0.15, 0.2) is 5.96 Å². The van der Waals surface area contributed by atoms with Crippen LogP contribution in [0.1, 0.15) is 31.7 Å². The Hall–Kier alpha value is -1.38. The number of nitrogens with one attached hydrogen (secondary N) is 3. The number of amides is 1. The average Bonchev–Trinajstić information content (AvgIpc) is 2.55. The summed E-state index contributed by atoms with van der Waals surface area (Å²) in [5, 5.41) is 9.20. The fourth-order valence-electron chi connectivity index (χ4n) is 2.04. The van der Waals surface area contributed by atoms with Crippen LogP contribution in [0.5, 0.6) is 0 Å². The summed E-state index contributed by atoms with van der Waals surface area (Å²) in [6.07, 6.45) is 3.76. The van der Waals surface area contributed by atoms with Gasteiger partial charge < -0.3 is 16.0 Å². The zero-order chi connectivity index (χ0) is 16.9. The van der Waals surface area contributed by atoms with Gasteiger partial charge in [-0.1, -0.05) is 31.9 Å². The molecule has 0 bridgehead atoms. The molecule has 0 aromatic heterocycles. The SMILES string of the molecule is CCCCCNC(=NC)NCCNC(=O)Cc1ccc(F)cc1.I. The highest BCUT2D eigenvalue weighted by Gasteiger charge is 2.03. The third-order valence-corrected chi connectivity index (χ3v) is 3.31. The summed E-state index contributed by atoms with van der Waals surface area (Å²) in [5.74, 6) is 0.370. The van der Waals surface area contributed by atoms with Gasteiger partial charge in [-0.05, 0) is 24.1 Å². The molecular weight excluding hydrogens is 422 g/mol. The quantitative estimate of drug-likeness (QED) is 0.235. The van der Waals surface area contributed by atoms with Crippen LogP contribution in [-0.2, 0) is 11.2 Å². The summed E-state index contributed by atoms with van der Waals surface area (Å²) < 4.78 is 12.8. The molecule has 0 saturated carbocycles. The molecule has 24 heavy (non-hydrogen) atoms. The average molecular weight is 450 g/mol. The molecule has 1 amide bonds. The molecule has 0 radical (unpaired) electrons. The number of halogens is 2. The van der Waals surface area contributed by atoms with Gasteiger partial charge in [0.1, 0.15) is 5.82 Å². The number of unbranched alkanes of at least 4 members (excludes halogenated alkanes) is 2. The van der Waals surface area contributed by atoms with E-state index in [1.165, 1.54) is 25.0 Å². The number of carbonyl (C=O) groups is 1. The second kappa shape index (κ2) is 14.0. The Bertz CT molecular complexity index is 494. The highest BCUT2D eigenvalue weighted by atomic mass is 127. The predicted molar refractivity (Wildman–Crippen MR) is 107 cm³/mol. The molecule has 5 nitrogen and oxygen atoms in total. The summed E-state index contributed by atoms with van der Waals surface area (Å²) in [5.41, 5.74) is 0.797. The van der Waals surface area contributed by atoms with Crippen molar-refractivity contribution in [1.82, 2.24) is 16.0 Å². The molecule has 0 fully saturated rings. The second-order valence-corrected chi connectivity index (χ2v) is 5.29. The van der Waals surface area contributed by atoms with Crippen molar-refractivity contribution in [1.29, 1.82) is 0 Å². The zero-order valence-electron chi connectivity index (χ0n) is 14.4. The molecule has 0 aliphatic heterocycles. The first-order valence-corrected chi connectivity index (χ1v) is 8.11. The topological polar surface area (TPSA) is 65.5 Å². The molecule has 0 aliphatic rings. The van der Waals surface area contributed by atoms with E-state index < -0.39 is 0 Å². The van der Waals surface area contributed by atoms with Crippen molar-refractivity contribution in [3.63, 3.8) is 0 Å². The van der Waals surface area contributed by atoms with Crippen LogP contribution in [0.2, 0.25) is 0 Å². The van der Waals surface area contributed by atoms with Crippen LogP contribution in [0.15, 0.2) is 29.3 Å². The highest BCUT2D eigenvalue weighted by molar-refractivity contribution is 14.0. The standard InChI is InChI=1S/C17H27FN4O.HI/c1-3-4-5-10-21-17(19-2)22-12-11-20-16(23)13-14-6-8-15(18)9-7-14;/h6-9H,3-5,10-13H2,1-2H3,(H,20,23)(H2,19,21,22);1H. The number of nitrogens with zero attached hydrogens (tertiary/aromatic N) is 1. The fourth-order valence-corrected chi connectivity index (χ4v) is 2.04. The van der Waals surface area contributed by atoms with Gasteiger partial charge in [0.25, 0.3) is 0 Å². The Kier molecular flexibility index (Phi) is 13.2. The van der Waals surface area contributed by atoms with Crippen molar-refractivity contribution < 1.29 is 9.18 Å². The van der Waals surface area contributed by atoms with E-state index in [1.54, 1.807) is 19.2 Å². The summed E-state index contributed by atoms with van der Waals surface area (Å²) in [7, 11) is 1.72. The smallest absolute Gasteiger partial charge is 0.224 e. The first-order valence-electron chi connectivity index (χ1n) is 8.11. The van der Waals surface area contributed by atoms with Gasteiger partial charge in [0, 0.05) is 26.7 Å². The summed E-state index contributed by atoms with van der Waals surface area (Å²) in [4.78, 5) is 15.9. The molecule has 0 heterocycles. The van der Waals surface area contributed by atoms with E-state index >= 15 is 0 Å². The summed E-state index contributed by atoms with van der Waals surface area (Å²) >= 11 is 0. The molecule has 1 aromatic carbocycles. The van der Waals surface area contributed by atoms with Crippen LogP contribution >= 0.6 is 24.0 Å². The van der Waals surface area contributed by atoms with Gasteiger partial charge in [-0.25, -0.2) is 4.39 Å². The van der Waals surface area contributed by atoms with E-state index in [-0.39, 0.29) is 42.1 Å². The number of aliphatic imine (C=N–C) groups is 1. The molecule has 7 heteroatoms. The molecule has 0 spiro atoms. The number of carbonyl (C=O) groups excluding carboxylic acids is 1. The molecule has 1 rings (SSSR count). The van der Waals surface area contributed by atoms with Gasteiger partial charge in [-0.2, -0.15) is 0 Å². The van der Waals surface area contributed by atoms with Crippen molar-refractivity contribution in [2.75, 3.05) is 26.7 Å². The Labute approximate surface area is 160 Å². The Morgan fingerprint density at radius 3 is 2.29 bits per heavy atom. The van der Waals surface area contributed by atoms with Gasteiger partial charge in [-0.3, -0.25) is 9.79 Å². The van der Waals surface area contributed by atoms with Crippen molar-refractivity contribution in [2.45, 2.75) is 32.6 Å². The monoisotopic (exact) mass is 450 g/mol. The minimum Gasteiger partial charge on any atom is -0.356 e. The lowest BCUT2D eigenvalue weighted by atomic mass is 10.1. The summed E-state index contributed by atoms with van der Waals surface area (Å²) in [6.45, 7) is 4.17. The minimum atomic E-state index is -0.295. The summed E-state index contributed by atoms with van der Waals surface area (Å²) in [6, 6.07) is 5.96. The van der Waals surface area contributed by atoms with Crippen molar-refractivity contribution >= 4 is 35.8 Å². The zero-order valence-corrected chi connectivity index (χ0v) is 16.7. The number of hydrogen-bond acceptors (Lipinski definition) is 2.